The number of thiophene rings is 1. The van der Waals surface area contributed by atoms with Crippen LogP contribution in [0, 0.1) is 5.82 Å². The maximum absolute atomic E-state index is 13.5. The first-order valence-corrected chi connectivity index (χ1v) is 9.45. The highest BCUT2D eigenvalue weighted by molar-refractivity contribution is 7.16. The standard InChI is InChI=1S/C19H21FN4O2S/c1-23(2)16(13-4-3-5-14(20)10-13)11-21-17(25)6-8-24-12-22-18-15(19(24)26)7-9-27-18/h3-5,7,9-10,12,16H,6,8,11H2,1-2H3,(H,21,25)/t16-/m1/s1. The third kappa shape index (κ3) is 4.58. The molecule has 0 aliphatic heterocycles. The van der Waals surface area contributed by atoms with Crippen LogP contribution in [0.4, 0.5) is 4.39 Å². The fourth-order valence-corrected chi connectivity index (χ4v) is 3.61. The van der Waals surface area contributed by atoms with Gasteiger partial charge in [0.25, 0.3) is 5.56 Å². The number of hydrogen-bond acceptors (Lipinski definition) is 5. The predicted octanol–water partition coefficient (Wildman–Crippen LogP) is 2.41. The van der Waals surface area contributed by atoms with Crippen molar-refractivity contribution in [2.24, 2.45) is 0 Å². The number of likely N-dealkylation sites (N-methyl/N-ethyl adjacent to an activating group) is 1. The largest absolute Gasteiger partial charge is 0.354 e. The first-order chi connectivity index (χ1) is 13.0. The molecule has 1 aromatic carbocycles. The second-order valence-electron chi connectivity index (χ2n) is 6.47. The van der Waals surface area contributed by atoms with Crippen LogP contribution in [0.2, 0.25) is 0 Å². The molecule has 6 nitrogen and oxygen atoms in total. The number of aryl methyl sites for hydroxylation is 1. The molecule has 0 saturated carbocycles. The summed E-state index contributed by atoms with van der Waals surface area (Å²) in [5.41, 5.74) is 0.656. The quantitative estimate of drug-likeness (QED) is 0.675. The highest BCUT2D eigenvalue weighted by atomic mass is 32.1. The highest BCUT2D eigenvalue weighted by Gasteiger charge is 2.16. The Labute approximate surface area is 160 Å². The normalized spacial score (nSPS) is 12.4. The molecule has 1 atom stereocenters. The lowest BCUT2D eigenvalue weighted by atomic mass is 10.1. The van der Waals surface area contributed by atoms with Crippen LogP contribution in [0.3, 0.4) is 0 Å². The summed E-state index contributed by atoms with van der Waals surface area (Å²) in [6.45, 7) is 0.613. The number of carbonyl (C=O) groups is 1. The number of fused-ring (bicyclic) bond motifs is 1. The van der Waals surface area contributed by atoms with E-state index in [9.17, 15) is 14.0 Å². The van der Waals surface area contributed by atoms with Gasteiger partial charge in [-0.25, -0.2) is 9.37 Å². The van der Waals surface area contributed by atoms with Gasteiger partial charge in [-0.05, 0) is 43.2 Å². The number of aromatic nitrogens is 2. The first kappa shape index (κ1) is 19.2. The maximum Gasteiger partial charge on any atom is 0.262 e. The zero-order chi connectivity index (χ0) is 19.4. The number of nitrogens with one attached hydrogen (secondary N) is 1. The molecule has 0 aliphatic carbocycles. The van der Waals surface area contributed by atoms with E-state index in [4.69, 9.17) is 0 Å². The Morgan fingerprint density at radius 1 is 1.37 bits per heavy atom. The van der Waals surface area contributed by atoms with E-state index in [1.54, 1.807) is 12.1 Å². The van der Waals surface area contributed by atoms with Crippen LogP contribution >= 0.6 is 11.3 Å². The number of halogens is 1. The summed E-state index contributed by atoms with van der Waals surface area (Å²) in [5, 5.41) is 5.26. The van der Waals surface area contributed by atoms with Crippen molar-refractivity contribution in [3.63, 3.8) is 0 Å². The van der Waals surface area contributed by atoms with Gasteiger partial charge in [0.2, 0.25) is 5.91 Å². The smallest absolute Gasteiger partial charge is 0.262 e. The zero-order valence-corrected chi connectivity index (χ0v) is 16.0. The van der Waals surface area contributed by atoms with Crippen molar-refractivity contribution in [3.8, 4) is 0 Å². The average molecular weight is 388 g/mol. The van der Waals surface area contributed by atoms with E-state index in [1.165, 1.54) is 34.4 Å². The number of rotatable bonds is 7. The third-order valence-electron chi connectivity index (χ3n) is 4.38. The second kappa shape index (κ2) is 8.41. The summed E-state index contributed by atoms with van der Waals surface area (Å²) in [7, 11) is 3.76. The topological polar surface area (TPSA) is 67.2 Å². The second-order valence-corrected chi connectivity index (χ2v) is 7.37. The van der Waals surface area contributed by atoms with Crippen molar-refractivity contribution in [3.05, 3.63) is 63.8 Å². The predicted molar refractivity (Wildman–Crippen MR) is 104 cm³/mol. The molecule has 142 valence electrons. The van der Waals surface area contributed by atoms with Gasteiger partial charge < -0.3 is 10.2 Å². The fraction of sp³-hybridized carbons (Fsp3) is 0.316. The molecule has 8 heteroatoms. The molecule has 1 N–H and O–H groups in total. The van der Waals surface area contributed by atoms with Gasteiger partial charge in [0.15, 0.2) is 0 Å². The number of benzene rings is 1. The number of nitrogens with zero attached hydrogens (tertiary/aromatic N) is 3. The Hall–Kier alpha value is -2.58. The van der Waals surface area contributed by atoms with Gasteiger partial charge in [0.05, 0.1) is 17.8 Å². The number of amides is 1. The van der Waals surface area contributed by atoms with Crippen molar-refractivity contribution in [2.45, 2.75) is 19.0 Å². The summed E-state index contributed by atoms with van der Waals surface area (Å²) in [4.78, 5) is 31.4. The molecule has 0 spiro atoms. The first-order valence-electron chi connectivity index (χ1n) is 8.57. The van der Waals surface area contributed by atoms with Crippen LogP contribution in [0.15, 0.2) is 46.8 Å². The highest BCUT2D eigenvalue weighted by Crippen LogP contribution is 2.18. The van der Waals surface area contributed by atoms with Gasteiger partial charge in [-0.1, -0.05) is 12.1 Å². The number of carbonyl (C=O) groups excluding carboxylic acids is 1. The summed E-state index contributed by atoms with van der Waals surface area (Å²) in [5.74, 6) is -0.475. The third-order valence-corrected chi connectivity index (χ3v) is 5.20. The zero-order valence-electron chi connectivity index (χ0n) is 15.2. The minimum absolute atomic E-state index is 0.139. The van der Waals surface area contributed by atoms with Crippen molar-refractivity contribution >= 4 is 27.5 Å². The Kier molecular flexibility index (Phi) is 5.98. The Bertz CT molecular complexity index is 999. The molecule has 0 bridgehead atoms. The molecule has 0 aliphatic rings. The van der Waals surface area contributed by atoms with E-state index in [0.717, 1.165) is 5.56 Å². The molecular formula is C19H21FN4O2S. The van der Waals surface area contributed by atoms with Crippen molar-refractivity contribution in [1.29, 1.82) is 0 Å². The van der Waals surface area contributed by atoms with E-state index in [-0.39, 0.29) is 36.3 Å². The lowest BCUT2D eigenvalue weighted by Crippen LogP contribution is -2.35. The van der Waals surface area contributed by atoms with Gasteiger partial charge in [-0.3, -0.25) is 14.2 Å². The summed E-state index contributed by atoms with van der Waals surface area (Å²) >= 11 is 1.41. The fourth-order valence-electron chi connectivity index (χ4n) is 2.89. The molecular weight excluding hydrogens is 367 g/mol. The number of hydrogen-bond donors (Lipinski definition) is 1. The van der Waals surface area contributed by atoms with Crippen LogP contribution in [0.5, 0.6) is 0 Å². The Balaban J connectivity index is 1.59. The lowest BCUT2D eigenvalue weighted by molar-refractivity contribution is -0.121. The maximum atomic E-state index is 13.5. The van der Waals surface area contributed by atoms with Crippen molar-refractivity contribution < 1.29 is 9.18 Å². The molecule has 0 unspecified atom stereocenters. The van der Waals surface area contributed by atoms with Crippen molar-refractivity contribution in [1.82, 2.24) is 19.8 Å². The van der Waals surface area contributed by atoms with Crippen LogP contribution in [0.1, 0.15) is 18.0 Å². The molecule has 3 rings (SSSR count). The molecule has 2 aromatic heterocycles. The van der Waals surface area contributed by atoms with Crippen LogP contribution in [0.25, 0.3) is 10.2 Å². The van der Waals surface area contributed by atoms with E-state index in [2.05, 4.69) is 10.3 Å². The minimum atomic E-state index is -0.304. The van der Waals surface area contributed by atoms with Crippen LogP contribution < -0.4 is 10.9 Å². The van der Waals surface area contributed by atoms with Crippen LogP contribution in [-0.4, -0.2) is 41.0 Å². The van der Waals surface area contributed by atoms with E-state index in [0.29, 0.717) is 16.8 Å². The van der Waals surface area contributed by atoms with Gasteiger partial charge in [-0.15, -0.1) is 11.3 Å². The van der Waals surface area contributed by atoms with Gasteiger partial charge in [0.1, 0.15) is 10.6 Å². The molecule has 2 heterocycles. The van der Waals surface area contributed by atoms with E-state index in [1.807, 2.05) is 30.4 Å². The summed E-state index contributed by atoms with van der Waals surface area (Å²) < 4.78 is 14.9. The van der Waals surface area contributed by atoms with Crippen molar-refractivity contribution in [2.75, 3.05) is 20.6 Å². The van der Waals surface area contributed by atoms with Gasteiger partial charge in [0, 0.05) is 19.5 Å². The molecule has 27 heavy (non-hydrogen) atoms. The van der Waals surface area contributed by atoms with Crippen LogP contribution in [-0.2, 0) is 11.3 Å². The molecule has 0 saturated heterocycles. The Morgan fingerprint density at radius 3 is 2.93 bits per heavy atom. The average Bonchev–Trinajstić information content (AvgIpc) is 3.11. The van der Waals surface area contributed by atoms with Gasteiger partial charge >= 0.3 is 0 Å². The Morgan fingerprint density at radius 2 is 2.19 bits per heavy atom. The van der Waals surface area contributed by atoms with Gasteiger partial charge in [-0.2, -0.15) is 0 Å². The SMILES string of the molecule is CN(C)[C@H](CNC(=O)CCn1cnc2sccc2c1=O)c1cccc(F)c1. The van der Waals surface area contributed by atoms with E-state index >= 15 is 0 Å². The lowest BCUT2D eigenvalue weighted by Gasteiger charge is -2.25. The summed E-state index contributed by atoms with van der Waals surface area (Å²) in [6, 6.07) is 7.95. The van der Waals surface area contributed by atoms with E-state index < -0.39 is 0 Å². The summed E-state index contributed by atoms with van der Waals surface area (Å²) in [6.07, 6.45) is 1.64. The monoisotopic (exact) mass is 388 g/mol. The molecule has 0 radical (unpaired) electrons. The molecule has 0 fully saturated rings. The molecule has 1 amide bonds. The minimum Gasteiger partial charge on any atom is -0.354 e. The molecule has 3 aromatic rings.